The Kier molecular flexibility index (Phi) is 2.76. The van der Waals surface area contributed by atoms with Crippen LogP contribution in [0, 0.1) is 3.70 Å². The van der Waals surface area contributed by atoms with E-state index in [9.17, 15) is 13.2 Å². The Hall–Kier alpha value is -0.440. The molecule has 0 radical (unpaired) electrons. The summed E-state index contributed by atoms with van der Waals surface area (Å²) in [6, 6.07) is 0. The first kappa shape index (κ1) is 10.6. The Morgan fingerprint density at radius 2 is 2.08 bits per heavy atom. The first-order valence-corrected chi connectivity index (χ1v) is 6.22. The van der Waals surface area contributed by atoms with Crippen LogP contribution < -0.4 is 0 Å². The number of sulfone groups is 1. The molecular weight excluding hydrogens is 307 g/mol. The van der Waals surface area contributed by atoms with E-state index in [0.29, 0.717) is 9.99 Å². The number of rotatable bonds is 2. The smallest absolute Gasteiger partial charge is 0.228 e. The van der Waals surface area contributed by atoms with E-state index >= 15 is 0 Å². The number of carbonyl (C=O) groups excluding carboxylic acids is 1. The lowest BCUT2D eigenvalue weighted by molar-refractivity contribution is 0.111. The van der Waals surface area contributed by atoms with Gasteiger partial charge in [-0.05, 0) is 22.6 Å². The molecule has 13 heavy (non-hydrogen) atoms. The predicted molar refractivity (Wildman–Crippen MR) is 54.4 cm³/mol. The SMILES string of the molecule is Cn1c(S(C)(=O)=O)nc(C=O)c1I. The second-order valence-corrected chi connectivity index (χ2v) is 5.45. The maximum absolute atomic E-state index is 11.1. The Morgan fingerprint density at radius 1 is 1.54 bits per heavy atom. The zero-order chi connectivity index (χ0) is 10.2. The molecule has 0 aromatic carbocycles. The Bertz CT molecular complexity index is 449. The Morgan fingerprint density at radius 3 is 2.31 bits per heavy atom. The van der Waals surface area contributed by atoms with Crippen molar-refractivity contribution in [3.05, 3.63) is 9.39 Å². The number of hydrogen-bond donors (Lipinski definition) is 0. The van der Waals surface area contributed by atoms with Crippen molar-refractivity contribution in [1.82, 2.24) is 9.55 Å². The van der Waals surface area contributed by atoms with Crippen LogP contribution in [0.1, 0.15) is 10.5 Å². The monoisotopic (exact) mass is 314 g/mol. The summed E-state index contributed by atoms with van der Waals surface area (Å²) in [5.41, 5.74) is 0.156. The fourth-order valence-electron chi connectivity index (χ4n) is 0.887. The van der Waals surface area contributed by atoms with Gasteiger partial charge in [0.15, 0.2) is 6.29 Å². The number of aromatic nitrogens is 2. The zero-order valence-electron chi connectivity index (χ0n) is 6.98. The van der Waals surface area contributed by atoms with Gasteiger partial charge >= 0.3 is 0 Å². The first-order chi connectivity index (χ1) is 5.88. The predicted octanol–water partition coefficient (Wildman–Crippen LogP) is 0.241. The van der Waals surface area contributed by atoms with Crippen LogP contribution in [0.5, 0.6) is 0 Å². The summed E-state index contributed by atoms with van der Waals surface area (Å²) >= 11 is 1.87. The minimum absolute atomic E-state index is 0.0843. The van der Waals surface area contributed by atoms with Crippen molar-refractivity contribution < 1.29 is 13.2 Å². The van der Waals surface area contributed by atoms with Crippen molar-refractivity contribution in [3.8, 4) is 0 Å². The molecule has 0 aliphatic rings. The van der Waals surface area contributed by atoms with E-state index in [2.05, 4.69) is 4.98 Å². The molecule has 7 heteroatoms. The fourth-order valence-corrected chi connectivity index (χ4v) is 2.38. The summed E-state index contributed by atoms with van der Waals surface area (Å²) in [5, 5.41) is -0.0843. The normalized spacial score (nSPS) is 11.6. The van der Waals surface area contributed by atoms with Crippen molar-refractivity contribution >= 4 is 38.7 Å². The second kappa shape index (κ2) is 3.37. The summed E-state index contributed by atoms with van der Waals surface area (Å²) in [6.45, 7) is 0. The van der Waals surface area contributed by atoms with Gasteiger partial charge in [-0.2, -0.15) is 0 Å². The molecule has 0 unspecified atom stereocenters. The summed E-state index contributed by atoms with van der Waals surface area (Å²) in [7, 11) is -1.80. The molecule has 0 fully saturated rings. The molecule has 0 atom stereocenters. The summed E-state index contributed by atoms with van der Waals surface area (Å²) in [6.07, 6.45) is 1.59. The van der Waals surface area contributed by atoms with E-state index in [1.807, 2.05) is 22.6 Å². The summed E-state index contributed by atoms with van der Waals surface area (Å²) in [4.78, 5) is 14.1. The largest absolute Gasteiger partial charge is 0.313 e. The van der Waals surface area contributed by atoms with E-state index < -0.39 is 9.84 Å². The number of imidazole rings is 1. The van der Waals surface area contributed by atoms with E-state index in [1.165, 1.54) is 4.57 Å². The molecule has 0 aliphatic heterocycles. The van der Waals surface area contributed by atoms with Gasteiger partial charge in [-0.25, -0.2) is 13.4 Å². The highest BCUT2D eigenvalue weighted by Gasteiger charge is 2.19. The molecule has 0 bridgehead atoms. The molecule has 1 aromatic rings. The maximum Gasteiger partial charge on any atom is 0.228 e. The molecule has 0 saturated heterocycles. The van der Waals surface area contributed by atoms with E-state index in [4.69, 9.17) is 0 Å². The van der Waals surface area contributed by atoms with Crippen molar-refractivity contribution in [2.24, 2.45) is 7.05 Å². The third kappa shape index (κ3) is 1.90. The minimum atomic E-state index is -3.36. The van der Waals surface area contributed by atoms with Crippen LogP contribution in [0.15, 0.2) is 5.16 Å². The molecule has 5 nitrogen and oxygen atoms in total. The third-order valence-electron chi connectivity index (χ3n) is 1.45. The minimum Gasteiger partial charge on any atom is -0.313 e. The van der Waals surface area contributed by atoms with Crippen LogP contribution in [-0.4, -0.2) is 30.5 Å². The average Bonchev–Trinajstić information content (AvgIpc) is 2.28. The first-order valence-electron chi connectivity index (χ1n) is 3.25. The number of carbonyl (C=O) groups is 1. The van der Waals surface area contributed by atoms with Crippen molar-refractivity contribution in [1.29, 1.82) is 0 Å². The van der Waals surface area contributed by atoms with Crippen molar-refractivity contribution in [2.45, 2.75) is 5.16 Å². The molecular formula is C6H7IN2O3S. The van der Waals surface area contributed by atoms with Crippen LogP contribution in [0.25, 0.3) is 0 Å². The molecule has 0 saturated carbocycles. The van der Waals surface area contributed by atoms with Crippen molar-refractivity contribution in [3.63, 3.8) is 0 Å². The number of hydrogen-bond acceptors (Lipinski definition) is 4. The van der Waals surface area contributed by atoms with E-state index in [1.54, 1.807) is 7.05 Å². The van der Waals surface area contributed by atoms with Gasteiger partial charge in [0, 0.05) is 13.3 Å². The Balaban J connectivity index is 3.51. The van der Waals surface area contributed by atoms with Gasteiger partial charge in [0.05, 0.1) is 0 Å². The van der Waals surface area contributed by atoms with Gasteiger partial charge in [-0.1, -0.05) is 0 Å². The van der Waals surface area contributed by atoms with Gasteiger partial charge in [-0.3, -0.25) is 4.79 Å². The highest BCUT2D eigenvalue weighted by atomic mass is 127. The Labute approximate surface area is 89.2 Å². The number of halogens is 1. The van der Waals surface area contributed by atoms with Crippen LogP contribution >= 0.6 is 22.6 Å². The molecule has 1 heterocycles. The maximum atomic E-state index is 11.1. The highest BCUT2D eigenvalue weighted by molar-refractivity contribution is 14.1. The van der Waals surface area contributed by atoms with Crippen LogP contribution in [-0.2, 0) is 16.9 Å². The third-order valence-corrected chi connectivity index (χ3v) is 3.76. The molecule has 72 valence electrons. The highest BCUT2D eigenvalue weighted by Crippen LogP contribution is 2.14. The van der Waals surface area contributed by atoms with E-state index in [0.717, 1.165) is 6.26 Å². The summed E-state index contributed by atoms with van der Waals surface area (Å²) < 4.78 is 24.2. The molecule has 1 rings (SSSR count). The van der Waals surface area contributed by atoms with Gasteiger partial charge in [0.25, 0.3) is 0 Å². The quantitative estimate of drug-likeness (QED) is 0.579. The van der Waals surface area contributed by atoms with E-state index in [-0.39, 0.29) is 10.9 Å². The van der Waals surface area contributed by atoms with Gasteiger partial charge in [0.2, 0.25) is 15.0 Å². The second-order valence-electron chi connectivity index (χ2n) is 2.52. The molecule has 0 amide bonds. The van der Waals surface area contributed by atoms with Crippen molar-refractivity contribution in [2.75, 3.05) is 6.26 Å². The lowest BCUT2D eigenvalue weighted by Gasteiger charge is -1.97. The topological polar surface area (TPSA) is 69.0 Å². The van der Waals surface area contributed by atoms with Gasteiger partial charge < -0.3 is 4.57 Å². The number of nitrogens with zero attached hydrogens (tertiary/aromatic N) is 2. The molecule has 0 aliphatic carbocycles. The standard InChI is InChI=1S/C6H7IN2O3S/c1-9-5(7)4(3-10)8-6(9)13(2,11)12/h3H,1-2H3. The average molecular weight is 314 g/mol. The van der Waals surface area contributed by atoms with Gasteiger partial charge in [-0.15, -0.1) is 0 Å². The number of aldehydes is 1. The van der Waals surface area contributed by atoms with Crippen LogP contribution in [0.2, 0.25) is 0 Å². The molecule has 0 spiro atoms. The van der Waals surface area contributed by atoms with Crippen LogP contribution in [0.4, 0.5) is 0 Å². The molecule has 1 aromatic heterocycles. The molecule has 0 N–H and O–H groups in total. The lowest BCUT2D eigenvalue weighted by Crippen LogP contribution is -2.06. The fraction of sp³-hybridized carbons (Fsp3) is 0.333. The lowest BCUT2D eigenvalue weighted by atomic mass is 10.5. The van der Waals surface area contributed by atoms with Gasteiger partial charge in [0.1, 0.15) is 9.39 Å². The summed E-state index contributed by atoms with van der Waals surface area (Å²) in [5.74, 6) is 0. The van der Waals surface area contributed by atoms with Crippen LogP contribution in [0.3, 0.4) is 0 Å². The zero-order valence-corrected chi connectivity index (χ0v) is 9.96.